The molecule has 0 saturated heterocycles. The number of hydrogen-bond donors (Lipinski definition) is 2. The number of alkyl halides is 3. The fraction of sp³-hybridized carbons (Fsp3) is 0.0417. The lowest BCUT2D eigenvalue weighted by molar-refractivity contribution is -0.192. The number of aliphatic carboxylic acids is 1. The first kappa shape index (κ1) is 23.4. The highest BCUT2D eigenvalue weighted by Gasteiger charge is 2.38. The Morgan fingerprint density at radius 1 is 0.857 bits per heavy atom. The molecule has 35 heavy (non-hydrogen) atoms. The van der Waals surface area contributed by atoms with Gasteiger partial charge in [-0.25, -0.2) is 9.59 Å². The topological polar surface area (TPSA) is 118 Å². The van der Waals surface area contributed by atoms with Crippen LogP contribution in [0.1, 0.15) is 10.4 Å². The van der Waals surface area contributed by atoms with Gasteiger partial charge in [0.2, 0.25) is 0 Å². The summed E-state index contributed by atoms with van der Waals surface area (Å²) in [6.45, 7) is 0. The van der Waals surface area contributed by atoms with Crippen LogP contribution in [0.25, 0.3) is 39.1 Å². The molecular weight excluding hydrogens is 465 g/mol. The van der Waals surface area contributed by atoms with E-state index in [0.717, 1.165) is 33.4 Å². The summed E-state index contributed by atoms with van der Waals surface area (Å²) in [4.78, 5) is 24.5. The number of halogens is 3. The number of carbonyl (C=O) groups is 2. The second kappa shape index (κ2) is 9.21. The molecule has 0 radical (unpaired) electrons. The van der Waals surface area contributed by atoms with Gasteiger partial charge in [0.1, 0.15) is 0 Å². The summed E-state index contributed by atoms with van der Waals surface area (Å²) >= 11 is 0. The summed E-state index contributed by atoms with van der Waals surface area (Å²) < 4.78 is 33.7. The molecule has 3 aromatic heterocycles. The zero-order chi connectivity index (χ0) is 25.2. The first-order valence-electron chi connectivity index (χ1n) is 9.98. The molecule has 0 fully saturated rings. The van der Waals surface area contributed by atoms with Crippen LogP contribution in [0.15, 0.2) is 79.1 Å². The van der Waals surface area contributed by atoms with Crippen molar-refractivity contribution in [3.63, 3.8) is 0 Å². The van der Waals surface area contributed by atoms with E-state index >= 15 is 0 Å². The number of para-hydroxylation sites is 1. The third kappa shape index (κ3) is 4.93. The molecule has 0 unspecified atom stereocenters. The highest BCUT2D eigenvalue weighted by atomic mass is 19.4. The largest absolute Gasteiger partial charge is 0.490 e. The first-order chi connectivity index (χ1) is 16.6. The number of carboxylic acid groups (broad SMARTS) is 2. The quantitative estimate of drug-likeness (QED) is 0.375. The molecule has 5 rings (SSSR count). The van der Waals surface area contributed by atoms with Crippen molar-refractivity contribution in [2.75, 3.05) is 0 Å². The van der Waals surface area contributed by atoms with Gasteiger partial charge < -0.3 is 10.2 Å². The Labute approximate surface area is 194 Å². The number of pyridine rings is 2. The number of aromatic nitrogens is 4. The Morgan fingerprint density at radius 2 is 1.57 bits per heavy atom. The van der Waals surface area contributed by atoms with Gasteiger partial charge in [-0.1, -0.05) is 30.3 Å². The maximum atomic E-state index is 11.2. The lowest BCUT2D eigenvalue weighted by Gasteiger charge is -2.06. The Kier molecular flexibility index (Phi) is 6.15. The van der Waals surface area contributed by atoms with Crippen LogP contribution in [-0.2, 0) is 4.79 Å². The highest BCUT2D eigenvalue weighted by molar-refractivity contribution is 5.93. The van der Waals surface area contributed by atoms with Crippen molar-refractivity contribution in [1.82, 2.24) is 19.6 Å². The van der Waals surface area contributed by atoms with E-state index in [1.807, 2.05) is 59.1 Å². The standard InChI is InChI=1S/C22H14N4O2.C2HF3O2/c27-22(28)16-5-3-4-14(12-16)15-9-11-26-20(13-15)24-25-21(26)18-8-10-23-19-7-2-1-6-17(18)19;3-2(4,5)1(6)7/h1-13H,(H,27,28);(H,6,7). The summed E-state index contributed by atoms with van der Waals surface area (Å²) in [5.41, 5.74) is 4.50. The SMILES string of the molecule is O=C(O)C(F)(F)F.O=C(O)c1cccc(-c2ccn3c(-c4ccnc5ccccc45)nnc3c2)c1. The molecule has 2 N–H and O–H groups in total. The van der Waals surface area contributed by atoms with Crippen molar-refractivity contribution in [2.45, 2.75) is 6.18 Å². The Balaban J connectivity index is 0.000000364. The Hall–Kier alpha value is -4.80. The number of benzene rings is 2. The van der Waals surface area contributed by atoms with Crippen molar-refractivity contribution in [2.24, 2.45) is 0 Å². The summed E-state index contributed by atoms with van der Waals surface area (Å²) in [5.74, 6) is -2.97. The van der Waals surface area contributed by atoms with Crippen LogP contribution in [0.3, 0.4) is 0 Å². The van der Waals surface area contributed by atoms with E-state index in [1.165, 1.54) is 0 Å². The van der Waals surface area contributed by atoms with Gasteiger partial charge in [0.05, 0.1) is 11.1 Å². The van der Waals surface area contributed by atoms with Crippen molar-refractivity contribution in [1.29, 1.82) is 0 Å². The van der Waals surface area contributed by atoms with Gasteiger partial charge in [0, 0.05) is 23.3 Å². The lowest BCUT2D eigenvalue weighted by atomic mass is 10.0. The zero-order valence-electron chi connectivity index (χ0n) is 17.6. The van der Waals surface area contributed by atoms with Gasteiger partial charge in [-0.3, -0.25) is 9.38 Å². The summed E-state index contributed by atoms with van der Waals surface area (Å²) in [7, 11) is 0. The first-order valence-corrected chi connectivity index (χ1v) is 9.98. The molecule has 5 aromatic rings. The van der Waals surface area contributed by atoms with Crippen molar-refractivity contribution >= 4 is 28.5 Å². The molecule has 3 heterocycles. The molecule has 0 saturated carbocycles. The monoisotopic (exact) mass is 480 g/mol. The van der Waals surface area contributed by atoms with Crippen molar-refractivity contribution < 1.29 is 33.0 Å². The Bertz CT molecular complexity index is 1560. The van der Waals surface area contributed by atoms with Crippen molar-refractivity contribution in [3.8, 4) is 22.5 Å². The molecule has 0 amide bonds. The molecular formula is C24H15F3N4O4. The van der Waals surface area contributed by atoms with E-state index in [2.05, 4.69) is 15.2 Å². The minimum Gasteiger partial charge on any atom is -0.478 e. The predicted octanol–water partition coefficient (Wildman–Crippen LogP) is 4.94. The normalized spacial score (nSPS) is 11.2. The predicted molar refractivity (Wildman–Crippen MR) is 120 cm³/mol. The van der Waals surface area contributed by atoms with Gasteiger partial charge in [-0.05, 0) is 47.5 Å². The van der Waals surface area contributed by atoms with Crippen LogP contribution in [0.4, 0.5) is 13.2 Å². The number of hydrogen-bond acceptors (Lipinski definition) is 5. The smallest absolute Gasteiger partial charge is 0.478 e. The number of nitrogens with zero attached hydrogens (tertiary/aromatic N) is 4. The minimum absolute atomic E-state index is 0.253. The number of rotatable bonds is 3. The maximum Gasteiger partial charge on any atom is 0.490 e. The zero-order valence-corrected chi connectivity index (χ0v) is 17.6. The van der Waals surface area contributed by atoms with Gasteiger partial charge in [0.25, 0.3) is 0 Å². The molecule has 8 nitrogen and oxygen atoms in total. The second-order valence-corrected chi connectivity index (χ2v) is 7.23. The van der Waals surface area contributed by atoms with Gasteiger partial charge >= 0.3 is 18.1 Å². The maximum absolute atomic E-state index is 11.2. The van der Waals surface area contributed by atoms with E-state index in [-0.39, 0.29) is 5.56 Å². The summed E-state index contributed by atoms with van der Waals surface area (Å²) in [6.07, 6.45) is -1.41. The van der Waals surface area contributed by atoms with Crippen LogP contribution in [0, 0.1) is 0 Å². The molecule has 0 aliphatic carbocycles. The molecule has 176 valence electrons. The lowest BCUT2D eigenvalue weighted by Crippen LogP contribution is -2.21. The van der Waals surface area contributed by atoms with E-state index < -0.39 is 18.1 Å². The number of fused-ring (bicyclic) bond motifs is 2. The molecule has 0 spiro atoms. The fourth-order valence-electron chi connectivity index (χ4n) is 3.38. The Morgan fingerprint density at radius 3 is 2.29 bits per heavy atom. The van der Waals surface area contributed by atoms with Crippen LogP contribution in [0.5, 0.6) is 0 Å². The average Bonchev–Trinajstić information content (AvgIpc) is 3.26. The van der Waals surface area contributed by atoms with Crippen molar-refractivity contribution in [3.05, 3.63) is 84.7 Å². The average molecular weight is 480 g/mol. The van der Waals surface area contributed by atoms with Gasteiger partial charge in [-0.2, -0.15) is 13.2 Å². The van der Waals surface area contributed by atoms with E-state index in [9.17, 15) is 23.1 Å². The fourth-order valence-corrected chi connectivity index (χ4v) is 3.38. The van der Waals surface area contributed by atoms with Crippen LogP contribution >= 0.6 is 0 Å². The van der Waals surface area contributed by atoms with Gasteiger partial charge in [0.15, 0.2) is 11.5 Å². The molecule has 0 bridgehead atoms. The minimum atomic E-state index is -5.08. The summed E-state index contributed by atoms with van der Waals surface area (Å²) in [5, 5.41) is 26.1. The second-order valence-electron chi connectivity index (χ2n) is 7.23. The van der Waals surface area contributed by atoms with E-state index in [0.29, 0.717) is 5.65 Å². The number of carboxylic acids is 2. The summed E-state index contributed by atoms with van der Waals surface area (Å²) in [6, 6.07) is 20.5. The van der Waals surface area contributed by atoms with E-state index in [1.54, 1.807) is 24.4 Å². The van der Waals surface area contributed by atoms with Crippen LogP contribution < -0.4 is 0 Å². The third-order valence-electron chi connectivity index (χ3n) is 4.99. The molecule has 2 aromatic carbocycles. The van der Waals surface area contributed by atoms with Gasteiger partial charge in [-0.15, -0.1) is 10.2 Å². The molecule has 0 aliphatic rings. The van der Waals surface area contributed by atoms with E-state index in [4.69, 9.17) is 9.90 Å². The van der Waals surface area contributed by atoms with Crippen LogP contribution in [-0.4, -0.2) is 47.9 Å². The highest BCUT2D eigenvalue weighted by Crippen LogP contribution is 2.28. The molecule has 11 heteroatoms. The van der Waals surface area contributed by atoms with Crippen LogP contribution in [0.2, 0.25) is 0 Å². The third-order valence-corrected chi connectivity index (χ3v) is 4.99. The molecule has 0 atom stereocenters. The molecule has 0 aliphatic heterocycles. The number of aromatic carboxylic acids is 1.